The van der Waals surface area contributed by atoms with E-state index in [1.54, 1.807) is 0 Å². The summed E-state index contributed by atoms with van der Waals surface area (Å²) in [4.78, 5) is 8.60. The number of aryl methyl sites for hydroxylation is 1. The standard InChI is InChI=1S/C15H28N4/c1-6-7-8-9-15(4,5)10-17-14-11(2)13(16)18-12(3)19-14/h6-10H2,1-5H3,(H3,16,17,18,19). The van der Waals surface area contributed by atoms with Crippen LogP contribution in [0, 0.1) is 19.3 Å². The number of nitrogens with two attached hydrogens (primary N) is 1. The summed E-state index contributed by atoms with van der Waals surface area (Å²) in [5.41, 5.74) is 7.08. The highest BCUT2D eigenvalue weighted by atomic mass is 15.1. The van der Waals surface area contributed by atoms with Gasteiger partial charge in [-0.25, -0.2) is 9.97 Å². The van der Waals surface area contributed by atoms with Gasteiger partial charge in [0.25, 0.3) is 0 Å². The van der Waals surface area contributed by atoms with Crippen LogP contribution in [0.15, 0.2) is 0 Å². The van der Waals surface area contributed by atoms with Gasteiger partial charge < -0.3 is 11.1 Å². The number of rotatable bonds is 7. The monoisotopic (exact) mass is 264 g/mol. The van der Waals surface area contributed by atoms with Crippen molar-refractivity contribution in [3.05, 3.63) is 11.4 Å². The van der Waals surface area contributed by atoms with Crippen LogP contribution < -0.4 is 11.1 Å². The van der Waals surface area contributed by atoms with Gasteiger partial charge in [0.2, 0.25) is 0 Å². The number of hydrogen-bond donors (Lipinski definition) is 2. The van der Waals surface area contributed by atoms with Crippen LogP contribution >= 0.6 is 0 Å². The number of nitrogens with zero attached hydrogens (tertiary/aromatic N) is 2. The van der Waals surface area contributed by atoms with E-state index in [0.29, 0.717) is 5.82 Å². The Morgan fingerprint density at radius 3 is 2.47 bits per heavy atom. The Labute approximate surface area is 117 Å². The minimum absolute atomic E-state index is 0.273. The molecule has 0 amide bonds. The molecule has 0 atom stereocenters. The second kappa shape index (κ2) is 6.73. The molecule has 1 aromatic heterocycles. The van der Waals surface area contributed by atoms with Crippen molar-refractivity contribution < 1.29 is 0 Å². The van der Waals surface area contributed by atoms with Crippen molar-refractivity contribution >= 4 is 11.6 Å². The molecule has 0 aliphatic carbocycles. The summed E-state index contributed by atoms with van der Waals surface area (Å²) in [5, 5.41) is 3.43. The molecule has 0 fully saturated rings. The van der Waals surface area contributed by atoms with Crippen LogP contribution in [0.25, 0.3) is 0 Å². The van der Waals surface area contributed by atoms with E-state index >= 15 is 0 Å². The van der Waals surface area contributed by atoms with Gasteiger partial charge in [-0.05, 0) is 25.7 Å². The van der Waals surface area contributed by atoms with Crippen LogP contribution in [-0.4, -0.2) is 16.5 Å². The first kappa shape index (κ1) is 15.7. The lowest BCUT2D eigenvalue weighted by atomic mass is 9.87. The Morgan fingerprint density at radius 1 is 1.16 bits per heavy atom. The predicted octanol–water partition coefficient (Wildman–Crippen LogP) is 3.69. The first-order valence-corrected chi connectivity index (χ1v) is 7.20. The first-order chi connectivity index (χ1) is 8.85. The topological polar surface area (TPSA) is 63.8 Å². The van der Waals surface area contributed by atoms with E-state index in [0.717, 1.165) is 23.8 Å². The molecule has 4 heteroatoms. The quantitative estimate of drug-likeness (QED) is 0.737. The van der Waals surface area contributed by atoms with Crippen LogP contribution in [0.1, 0.15) is 57.8 Å². The SMILES string of the molecule is CCCCCC(C)(C)CNc1nc(C)nc(N)c1C. The van der Waals surface area contributed by atoms with E-state index < -0.39 is 0 Å². The molecule has 0 aliphatic heterocycles. The zero-order valence-electron chi connectivity index (χ0n) is 13.0. The molecule has 1 heterocycles. The Morgan fingerprint density at radius 2 is 1.84 bits per heavy atom. The minimum atomic E-state index is 0.273. The number of anilines is 2. The Kier molecular flexibility index (Phi) is 5.58. The average molecular weight is 264 g/mol. The first-order valence-electron chi connectivity index (χ1n) is 7.20. The van der Waals surface area contributed by atoms with Crippen LogP contribution in [0.5, 0.6) is 0 Å². The molecule has 0 radical (unpaired) electrons. The lowest BCUT2D eigenvalue weighted by Gasteiger charge is -2.25. The summed E-state index contributed by atoms with van der Waals surface area (Å²) in [5.74, 6) is 2.15. The summed E-state index contributed by atoms with van der Waals surface area (Å²) in [6.07, 6.45) is 5.09. The van der Waals surface area contributed by atoms with Crippen molar-refractivity contribution in [1.82, 2.24) is 9.97 Å². The Hall–Kier alpha value is -1.32. The van der Waals surface area contributed by atoms with E-state index in [1.807, 2.05) is 13.8 Å². The van der Waals surface area contributed by atoms with Crippen molar-refractivity contribution in [2.24, 2.45) is 5.41 Å². The fourth-order valence-corrected chi connectivity index (χ4v) is 2.09. The molecule has 19 heavy (non-hydrogen) atoms. The van der Waals surface area contributed by atoms with E-state index in [-0.39, 0.29) is 5.41 Å². The molecule has 3 N–H and O–H groups in total. The second-order valence-corrected chi connectivity index (χ2v) is 6.10. The third kappa shape index (κ3) is 5.05. The lowest BCUT2D eigenvalue weighted by molar-refractivity contribution is 0.342. The number of nitrogens with one attached hydrogen (secondary N) is 1. The van der Waals surface area contributed by atoms with Crippen LogP contribution in [0.4, 0.5) is 11.6 Å². The summed E-state index contributed by atoms with van der Waals surface area (Å²) in [6, 6.07) is 0. The Bertz CT molecular complexity index is 413. The van der Waals surface area contributed by atoms with Crippen molar-refractivity contribution in [3.8, 4) is 0 Å². The zero-order chi connectivity index (χ0) is 14.5. The van der Waals surface area contributed by atoms with Crippen LogP contribution in [0.3, 0.4) is 0 Å². The molecule has 4 nitrogen and oxygen atoms in total. The second-order valence-electron chi connectivity index (χ2n) is 6.10. The fourth-order valence-electron chi connectivity index (χ4n) is 2.09. The molecule has 1 rings (SSSR count). The summed E-state index contributed by atoms with van der Waals surface area (Å²) in [6.45, 7) is 11.6. The van der Waals surface area contributed by atoms with Gasteiger partial charge in [0.15, 0.2) is 0 Å². The maximum Gasteiger partial charge on any atom is 0.134 e. The molecule has 0 aromatic carbocycles. The third-order valence-electron chi connectivity index (χ3n) is 3.49. The molecule has 0 spiro atoms. The molecule has 0 saturated carbocycles. The zero-order valence-corrected chi connectivity index (χ0v) is 13.0. The molecular formula is C15H28N4. The third-order valence-corrected chi connectivity index (χ3v) is 3.49. The smallest absolute Gasteiger partial charge is 0.134 e. The van der Waals surface area contributed by atoms with Crippen molar-refractivity contribution in [2.75, 3.05) is 17.6 Å². The molecule has 108 valence electrons. The number of hydrogen-bond acceptors (Lipinski definition) is 4. The average Bonchev–Trinajstić information content (AvgIpc) is 2.32. The van der Waals surface area contributed by atoms with E-state index in [4.69, 9.17) is 5.73 Å². The molecule has 0 aliphatic rings. The molecule has 0 bridgehead atoms. The Balaban J connectivity index is 2.61. The number of aromatic nitrogens is 2. The predicted molar refractivity (Wildman–Crippen MR) is 82.3 cm³/mol. The molecule has 1 aromatic rings. The minimum Gasteiger partial charge on any atom is -0.383 e. The summed E-state index contributed by atoms with van der Waals surface area (Å²) >= 11 is 0. The maximum absolute atomic E-state index is 5.87. The van der Waals surface area contributed by atoms with Gasteiger partial charge in [0.05, 0.1) is 0 Å². The summed E-state index contributed by atoms with van der Waals surface area (Å²) in [7, 11) is 0. The molecular weight excluding hydrogens is 236 g/mol. The lowest BCUT2D eigenvalue weighted by Crippen LogP contribution is -2.24. The number of nitrogen functional groups attached to an aromatic ring is 1. The van der Waals surface area contributed by atoms with Gasteiger partial charge in [-0.2, -0.15) is 0 Å². The van der Waals surface area contributed by atoms with E-state index in [9.17, 15) is 0 Å². The highest BCUT2D eigenvalue weighted by Crippen LogP contribution is 2.25. The van der Waals surface area contributed by atoms with Gasteiger partial charge >= 0.3 is 0 Å². The highest BCUT2D eigenvalue weighted by Gasteiger charge is 2.18. The highest BCUT2D eigenvalue weighted by molar-refractivity contribution is 5.54. The van der Waals surface area contributed by atoms with Crippen molar-refractivity contribution in [3.63, 3.8) is 0 Å². The van der Waals surface area contributed by atoms with Gasteiger partial charge in [-0.1, -0.05) is 40.0 Å². The molecule has 0 unspecified atom stereocenters. The fraction of sp³-hybridized carbons (Fsp3) is 0.733. The van der Waals surface area contributed by atoms with E-state index in [1.165, 1.54) is 25.7 Å². The van der Waals surface area contributed by atoms with Gasteiger partial charge in [0.1, 0.15) is 17.5 Å². The van der Waals surface area contributed by atoms with E-state index in [2.05, 4.69) is 36.1 Å². The normalized spacial score (nSPS) is 11.6. The van der Waals surface area contributed by atoms with Crippen molar-refractivity contribution in [1.29, 1.82) is 0 Å². The molecule has 0 saturated heterocycles. The largest absolute Gasteiger partial charge is 0.383 e. The van der Waals surface area contributed by atoms with Gasteiger partial charge in [-0.15, -0.1) is 0 Å². The number of unbranched alkanes of at least 4 members (excludes halogenated alkanes) is 2. The van der Waals surface area contributed by atoms with Gasteiger partial charge in [0, 0.05) is 12.1 Å². The van der Waals surface area contributed by atoms with Crippen LogP contribution in [0.2, 0.25) is 0 Å². The van der Waals surface area contributed by atoms with Crippen LogP contribution in [-0.2, 0) is 0 Å². The van der Waals surface area contributed by atoms with Crippen molar-refractivity contribution in [2.45, 2.75) is 60.3 Å². The summed E-state index contributed by atoms with van der Waals surface area (Å²) < 4.78 is 0. The van der Waals surface area contributed by atoms with Gasteiger partial charge in [-0.3, -0.25) is 0 Å². The maximum atomic E-state index is 5.87.